The lowest BCUT2D eigenvalue weighted by atomic mass is 10.1. The van der Waals surface area contributed by atoms with Crippen LogP contribution in [0.4, 0.5) is 0 Å². The Morgan fingerprint density at radius 3 is 2.94 bits per heavy atom. The molecule has 3 heteroatoms. The zero-order chi connectivity index (χ0) is 11.4. The first-order valence-electron chi connectivity index (χ1n) is 6.19. The molecule has 1 N–H and O–H groups in total. The minimum Gasteiger partial charge on any atom is -0.319 e. The Hall–Kier alpha value is -0.380. The minimum atomic E-state index is 0.740. The van der Waals surface area contributed by atoms with Crippen molar-refractivity contribution < 1.29 is 0 Å². The molecule has 1 saturated carbocycles. The van der Waals surface area contributed by atoms with E-state index in [1.54, 1.807) is 11.3 Å². The summed E-state index contributed by atoms with van der Waals surface area (Å²) < 4.78 is 0. The molecule has 1 unspecified atom stereocenters. The lowest BCUT2D eigenvalue weighted by molar-refractivity contribution is 0.218. The average Bonchev–Trinajstić information content (AvgIpc) is 2.98. The molecule has 0 radical (unpaired) electrons. The van der Waals surface area contributed by atoms with Gasteiger partial charge < -0.3 is 5.32 Å². The average molecular weight is 238 g/mol. The van der Waals surface area contributed by atoms with Crippen LogP contribution in [0.2, 0.25) is 0 Å². The maximum atomic E-state index is 3.27. The van der Waals surface area contributed by atoms with Gasteiger partial charge in [0.05, 0.1) is 0 Å². The molecule has 1 aromatic rings. The Labute approximate surface area is 103 Å². The topological polar surface area (TPSA) is 15.3 Å². The molecule has 0 saturated heterocycles. The van der Waals surface area contributed by atoms with Crippen molar-refractivity contribution >= 4 is 11.3 Å². The number of rotatable bonds is 7. The van der Waals surface area contributed by atoms with Gasteiger partial charge in [-0.05, 0) is 54.7 Å². The number of hydrogen-bond donors (Lipinski definition) is 1. The molecule has 1 heterocycles. The van der Waals surface area contributed by atoms with Crippen molar-refractivity contribution in [1.29, 1.82) is 0 Å². The van der Waals surface area contributed by atoms with E-state index in [2.05, 4.69) is 34.0 Å². The second-order valence-corrected chi connectivity index (χ2v) is 5.74. The maximum absolute atomic E-state index is 3.27. The predicted octanol–water partition coefficient (Wildman–Crippen LogP) is 2.57. The smallest absolute Gasteiger partial charge is 0.0245 e. The van der Waals surface area contributed by atoms with Crippen molar-refractivity contribution in [2.45, 2.75) is 32.4 Å². The van der Waals surface area contributed by atoms with Crippen LogP contribution in [0, 0.1) is 5.92 Å². The van der Waals surface area contributed by atoms with E-state index in [4.69, 9.17) is 0 Å². The summed E-state index contributed by atoms with van der Waals surface area (Å²) in [6.45, 7) is 5.82. The van der Waals surface area contributed by atoms with E-state index >= 15 is 0 Å². The SMILES string of the molecule is CNCC(C)CN(Cc1ccsc1)C1CC1. The third-order valence-electron chi connectivity index (χ3n) is 3.13. The highest BCUT2D eigenvalue weighted by Crippen LogP contribution is 2.29. The summed E-state index contributed by atoms with van der Waals surface area (Å²) in [6.07, 6.45) is 2.80. The van der Waals surface area contributed by atoms with Crippen LogP contribution in [0.1, 0.15) is 25.3 Å². The van der Waals surface area contributed by atoms with Crippen molar-refractivity contribution in [3.05, 3.63) is 22.4 Å². The van der Waals surface area contributed by atoms with Crippen LogP contribution in [0.3, 0.4) is 0 Å². The second-order valence-electron chi connectivity index (χ2n) is 4.96. The summed E-state index contributed by atoms with van der Waals surface area (Å²) in [5.74, 6) is 0.740. The van der Waals surface area contributed by atoms with Gasteiger partial charge in [-0.2, -0.15) is 11.3 Å². The Morgan fingerprint density at radius 2 is 2.38 bits per heavy atom. The molecule has 0 bridgehead atoms. The highest BCUT2D eigenvalue weighted by Gasteiger charge is 2.29. The van der Waals surface area contributed by atoms with Gasteiger partial charge in [0, 0.05) is 19.1 Å². The maximum Gasteiger partial charge on any atom is 0.0245 e. The first-order chi connectivity index (χ1) is 7.79. The zero-order valence-electron chi connectivity index (χ0n) is 10.3. The van der Waals surface area contributed by atoms with Gasteiger partial charge in [-0.3, -0.25) is 4.90 Å². The van der Waals surface area contributed by atoms with Crippen LogP contribution >= 0.6 is 11.3 Å². The normalized spacial score (nSPS) is 17.9. The fourth-order valence-corrected chi connectivity index (χ4v) is 2.87. The lowest BCUT2D eigenvalue weighted by Crippen LogP contribution is -2.33. The first-order valence-corrected chi connectivity index (χ1v) is 7.13. The zero-order valence-corrected chi connectivity index (χ0v) is 11.1. The summed E-state index contributed by atoms with van der Waals surface area (Å²) in [6, 6.07) is 3.11. The largest absolute Gasteiger partial charge is 0.319 e. The van der Waals surface area contributed by atoms with E-state index in [9.17, 15) is 0 Å². The summed E-state index contributed by atoms with van der Waals surface area (Å²) in [7, 11) is 2.04. The number of nitrogens with one attached hydrogen (secondary N) is 1. The van der Waals surface area contributed by atoms with Gasteiger partial charge in [0.15, 0.2) is 0 Å². The lowest BCUT2D eigenvalue weighted by Gasteiger charge is -2.25. The van der Waals surface area contributed by atoms with Gasteiger partial charge in [-0.1, -0.05) is 6.92 Å². The molecule has 1 aromatic heterocycles. The van der Waals surface area contributed by atoms with Crippen molar-refractivity contribution in [2.24, 2.45) is 5.92 Å². The molecule has 2 rings (SSSR count). The van der Waals surface area contributed by atoms with E-state index in [0.717, 1.165) is 25.0 Å². The van der Waals surface area contributed by atoms with Crippen molar-refractivity contribution in [2.75, 3.05) is 20.1 Å². The van der Waals surface area contributed by atoms with Crippen LogP contribution in [-0.4, -0.2) is 31.1 Å². The highest BCUT2D eigenvalue weighted by atomic mass is 32.1. The number of nitrogens with zero attached hydrogens (tertiary/aromatic N) is 1. The molecular formula is C13H22N2S. The molecular weight excluding hydrogens is 216 g/mol. The van der Waals surface area contributed by atoms with Gasteiger partial charge in [-0.15, -0.1) is 0 Å². The molecule has 0 amide bonds. The summed E-state index contributed by atoms with van der Waals surface area (Å²) >= 11 is 1.80. The minimum absolute atomic E-state index is 0.740. The van der Waals surface area contributed by atoms with Gasteiger partial charge in [-0.25, -0.2) is 0 Å². The van der Waals surface area contributed by atoms with E-state index in [0.29, 0.717) is 0 Å². The molecule has 1 fully saturated rings. The Bertz CT molecular complexity index is 293. The molecule has 0 aliphatic heterocycles. The molecule has 16 heavy (non-hydrogen) atoms. The molecule has 90 valence electrons. The summed E-state index contributed by atoms with van der Waals surface area (Å²) in [4.78, 5) is 2.66. The van der Waals surface area contributed by atoms with Crippen LogP contribution in [0.5, 0.6) is 0 Å². The van der Waals surface area contributed by atoms with E-state index in [1.807, 2.05) is 7.05 Å². The van der Waals surface area contributed by atoms with Crippen molar-refractivity contribution in [3.63, 3.8) is 0 Å². The highest BCUT2D eigenvalue weighted by molar-refractivity contribution is 7.07. The molecule has 0 spiro atoms. The Balaban J connectivity index is 1.85. The Morgan fingerprint density at radius 1 is 1.56 bits per heavy atom. The number of hydrogen-bond acceptors (Lipinski definition) is 3. The fourth-order valence-electron chi connectivity index (χ4n) is 2.21. The standard InChI is InChI=1S/C13H22N2S/c1-11(7-14-2)8-15(13-3-4-13)9-12-5-6-16-10-12/h5-6,10-11,13-14H,3-4,7-9H2,1-2H3. The van der Waals surface area contributed by atoms with Crippen molar-refractivity contribution in [1.82, 2.24) is 10.2 Å². The predicted molar refractivity (Wildman–Crippen MR) is 70.8 cm³/mol. The van der Waals surface area contributed by atoms with Crippen LogP contribution in [0.25, 0.3) is 0 Å². The molecule has 2 nitrogen and oxygen atoms in total. The molecule has 0 aromatic carbocycles. The number of thiophene rings is 1. The first kappa shape index (κ1) is 12.1. The van der Waals surface area contributed by atoms with Crippen LogP contribution < -0.4 is 5.32 Å². The molecule has 1 aliphatic carbocycles. The van der Waals surface area contributed by atoms with E-state index < -0.39 is 0 Å². The van der Waals surface area contributed by atoms with Crippen LogP contribution in [-0.2, 0) is 6.54 Å². The Kier molecular flexibility index (Phi) is 4.38. The summed E-state index contributed by atoms with van der Waals surface area (Å²) in [5, 5.41) is 7.72. The quantitative estimate of drug-likeness (QED) is 0.785. The third-order valence-corrected chi connectivity index (χ3v) is 3.86. The van der Waals surface area contributed by atoms with Gasteiger partial charge in [0.25, 0.3) is 0 Å². The van der Waals surface area contributed by atoms with E-state index in [1.165, 1.54) is 24.9 Å². The second kappa shape index (κ2) is 5.80. The van der Waals surface area contributed by atoms with Gasteiger partial charge in [0.1, 0.15) is 0 Å². The summed E-state index contributed by atoms with van der Waals surface area (Å²) in [5.41, 5.74) is 1.48. The molecule has 1 atom stereocenters. The van der Waals surface area contributed by atoms with E-state index in [-0.39, 0.29) is 0 Å². The third kappa shape index (κ3) is 3.58. The van der Waals surface area contributed by atoms with Crippen molar-refractivity contribution in [3.8, 4) is 0 Å². The fraction of sp³-hybridized carbons (Fsp3) is 0.692. The van der Waals surface area contributed by atoms with Gasteiger partial charge in [0.2, 0.25) is 0 Å². The molecule has 1 aliphatic rings. The van der Waals surface area contributed by atoms with Crippen LogP contribution in [0.15, 0.2) is 16.8 Å². The van der Waals surface area contributed by atoms with Gasteiger partial charge >= 0.3 is 0 Å². The monoisotopic (exact) mass is 238 g/mol.